The molecule has 1 N–H and O–H groups in total. The number of carbonyl (C=O) groups is 1. The Balaban J connectivity index is 2.53. The first-order valence-electron chi connectivity index (χ1n) is 3.50. The van der Waals surface area contributed by atoms with Gasteiger partial charge in [0.15, 0.2) is 5.78 Å². The van der Waals surface area contributed by atoms with Gasteiger partial charge in [0.1, 0.15) is 0 Å². The minimum atomic E-state index is 0.125. The van der Waals surface area contributed by atoms with Gasteiger partial charge >= 0.3 is 0 Å². The third kappa shape index (κ3) is 1.35. The highest BCUT2D eigenvalue weighted by molar-refractivity contribution is 7.97. The summed E-state index contributed by atoms with van der Waals surface area (Å²) in [5, 5.41) is 0.665. The van der Waals surface area contributed by atoms with Crippen molar-refractivity contribution in [3.8, 4) is 0 Å². The van der Waals surface area contributed by atoms with Crippen molar-refractivity contribution in [2.75, 3.05) is 6.54 Å². The number of benzene rings is 1. The van der Waals surface area contributed by atoms with E-state index in [1.165, 1.54) is 11.9 Å². The van der Waals surface area contributed by atoms with Crippen LogP contribution in [0, 0.1) is 0 Å². The van der Waals surface area contributed by atoms with Crippen molar-refractivity contribution in [1.29, 1.82) is 0 Å². The molecule has 12 heavy (non-hydrogen) atoms. The maximum absolute atomic E-state index is 11.3. The smallest absolute Gasteiger partial charge is 0.178 e. The lowest BCUT2D eigenvalue weighted by Crippen LogP contribution is -2.22. The van der Waals surface area contributed by atoms with Crippen LogP contribution < -0.4 is 4.72 Å². The standard InChI is InChI=1S/C8H6ClNOS/c9-5-1-2-6-7(11)4-10-12-8(6)3-5/h1-3,10H,4H2. The summed E-state index contributed by atoms with van der Waals surface area (Å²) in [4.78, 5) is 12.2. The van der Waals surface area contributed by atoms with E-state index < -0.39 is 0 Å². The van der Waals surface area contributed by atoms with Crippen molar-refractivity contribution in [2.45, 2.75) is 4.90 Å². The van der Waals surface area contributed by atoms with Gasteiger partial charge < -0.3 is 0 Å². The van der Waals surface area contributed by atoms with Crippen LogP contribution >= 0.6 is 23.5 Å². The number of rotatable bonds is 0. The second-order valence-electron chi connectivity index (χ2n) is 2.49. The summed E-state index contributed by atoms with van der Waals surface area (Å²) < 4.78 is 2.93. The van der Waals surface area contributed by atoms with Crippen LogP contribution in [0.4, 0.5) is 0 Å². The molecule has 0 saturated carbocycles. The van der Waals surface area contributed by atoms with Gasteiger partial charge in [-0.15, -0.1) is 0 Å². The van der Waals surface area contributed by atoms with Gasteiger partial charge in [-0.05, 0) is 30.1 Å². The third-order valence-electron chi connectivity index (χ3n) is 1.66. The zero-order valence-electron chi connectivity index (χ0n) is 6.13. The Morgan fingerprint density at radius 3 is 3.17 bits per heavy atom. The number of halogens is 1. The normalized spacial score (nSPS) is 15.9. The first-order chi connectivity index (χ1) is 5.77. The molecule has 0 fully saturated rings. The highest BCUT2D eigenvalue weighted by Crippen LogP contribution is 2.27. The van der Waals surface area contributed by atoms with E-state index in [2.05, 4.69) is 4.72 Å². The maximum atomic E-state index is 11.3. The molecular weight excluding hydrogens is 194 g/mol. The Hall–Kier alpha value is -0.510. The van der Waals surface area contributed by atoms with Crippen LogP contribution in [0.1, 0.15) is 10.4 Å². The zero-order chi connectivity index (χ0) is 8.55. The molecule has 4 heteroatoms. The Kier molecular flexibility index (Phi) is 2.09. The second kappa shape index (κ2) is 3.09. The maximum Gasteiger partial charge on any atom is 0.178 e. The molecular formula is C8H6ClNOS. The molecule has 0 amide bonds. The van der Waals surface area contributed by atoms with Crippen LogP contribution in [0.25, 0.3) is 0 Å². The Bertz CT molecular complexity index is 340. The summed E-state index contributed by atoms with van der Waals surface area (Å²) in [6.45, 7) is 0.402. The van der Waals surface area contributed by atoms with E-state index in [-0.39, 0.29) is 5.78 Å². The highest BCUT2D eigenvalue weighted by atomic mass is 35.5. The predicted molar refractivity (Wildman–Crippen MR) is 49.6 cm³/mol. The number of Topliss-reactive ketones (excluding diaryl/α,β-unsaturated/α-hetero) is 1. The van der Waals surface area contributed by atoms with Gasteiger partial charge in [-0.1, -0.05) is 11.6 Å². The summed E-state index contributed by atoms with van der Waals surface area (Å²) in [6.07, 6.45) is 0. The lowest BCUT2D eigenvalue weighted by molar-refractivity contribution is 0.0993. The SMILES string of the molecule is O=C1CNSc2cc(Cl)ccc21. The van der Waals surface area contributed by atoms with Gasteiger partial charge in [-0.25, -0.2) is 0 Å². The van der Waals surface area contributed by atoms with E-state index in [0.29, 0.717) is 11.6 Å². The van der Waals surface area contributed by atoms with Gasteiger partial charge in [0.25, 0.3) is 0 Å². The van der Waals surface area contributed by atoms with Crippen molar-refractivity contribution < 1.29 is 4.79 Å². The summed E-state index contributed by atoms with van der Waals surface area (Å²) in [7, 11) is 0. The van der Waals surface area contributed by atoms with E-state index >= 15 is 0 Å². The molecule has 0 aromatic heterocycles. The van der Waals surface area contributed by atoms with Gasteiger partial charge in [0.2, 0.25) is 0 Å². The van der Waals surface area contributed by atoms with Crippen molar-refractivity contribution in [2.24, 2.45) is 0 Å². The van der Waals surface area contributed by atoms with Crippen LogP contribution in [0.2, 0.25) is 5.02 Å². The van der Waals surface area contributed by atoms with Crippen LogP contribution in [-0.4, -0.2) is 12.3 Å². The Morgan fingerprint density at radius 2 is 2.33 bits per heavy atom. The molecule has 0 bridgehead atoms. The van der Waals surface area contributed by atoms with Gasteiger partial charge in [0, 0.05) is 15.5 Å². The topological polar surface area (TPSA) is 29.1 Å². The van der Waals surface area contributed by atoms with Crippen molar-refractivity contribution >= 4 is 29.3 Å². The zero-order valence-corrected chi connectivity index (χ0v) is 7.71. The molecule has 2 nitrogen and oxygen atoms in total. The second-order valence-corrected chi connectivity index (χ2v) is 3.86. The molecule has 0 spiro atoms. The molecule has 2 rings (SSSR count). The van der Waals surface area contributed by atoms with Crippen molar-refractivity contribution in [3.63, 3.8) is 0 Å². The molecule has 1 aliphatic rings. The molecule has 1 aromatic carbocycles. The lowest BCUT2D eigenvalue weighted by atomic mass is 10.1. The Labute approximate surface area is 79.4 Å². The van der Waals surface area contributed by atoms with Crippen LogP contribution in [0.15, 0.2) is 23.1 Å². The van der Waals surface area contributed by atoms with E-state index in [1.807, 2.05) is 0 Å². The van der Waals surface area contributed by atoms with Crippen LogP contribution in [0.5, 0.6) is 0 Å². The van der Waals surface area contributed by atoms with E-state index in [1.54, 1.807) is 18.2 Å². The molecule has 1 aliphatic heterocycles. The predicted octanol–water partition coefficient (Wildman–Crippen LogP) is 2.13. The molecule has 0 saturated heterocycles. The summed E-state index contributed by atoms with van der Waals surface area (Å²) >= 11 is 7.22. The number of hydrogen-bond acceptors (Lipinski definition) is 3. The fraction of sp³-hybridized carbons (Fsp3) is 0.125. The fourth-order valence-corrected chi connectivity index (χ4v) is 2.16. The number of carbonyl (C=O) groups excluding carboxylic acids is 1. The average Bonchev–Trinajstić information content (AvgIpc) is 2.04. The quantitative estimate of drug-likeness (QED) is 0.650. The number of hydrogen-bond donors (Lipinski definition) is 1. The average molecular weight is 200 g/mol. The third-order valence-corrected chi connectivity index (χ3v) is 2.74. The van der Waals surface area contributed by atoms with Crippen LogP contribution in [-0.2, 0) is 0 Å². The Morgan fingerprint density at radius 1 is 1.50 bits per heavy atom. The van der Waals surface area contributed by atoms with E-state index in [0.717, 1.165) is 10.5 Å². The monoisotopic (exact) mass is 199 g/mol. The van der Waals surface area contributed by atoms with Gasteiger partial charge in [-0.2, -0.15) is 0 Å². The summed E-state index contributed by atoms with van der Waals surface area (Å²) in [5.41, 5.74) is 0.767. The summed E-state index contributed by atoms with van der Waals surface area (Å²) in [5.74, 6) is 0.125. The van der Waals surface area contributed by atoms with Crippen molar-refractivity contribution in [3.05, 3.63) is 28.8 Å². The van der Waals surface area contributed by atoms with Gasteiger partial charge in [0.05, 0.1) is 6.54 Å². The molecule has 1 aromatic rings. The molecule has 62 valence electrons. The minimum Gasteiger partial charge on any atom is -0.293 e. The first kappa shape index (κ1) is 8.10. The first-order valence-corrected chi connectivity index (χ1v) is 4.69. The van der Waals surface area contributed by atoms with Gasteiger partial charge in [-0.3, -0.25) is 9.52 Å². The fourth-order valence-electron chi connectivity index (χ4n) is 1.09. The number of fused-ring (bicyclic) bond motifs is 1. The van der Waals surface area contributed by atoms with E-state index in [4.69, 9.17) is 11.6 Å². The van der Waals surface area contributed by atoms with E-state index in [9.17, 15) is 4.79 Å². The minimum absolute atomic E-state index is 0.125. The van der Waals surface area contributed by atoms with Crippen LogP contribution in [0.3, 0.4) is 0 Å². The largest absolute Gasteiger partial charge is 0.293 e. The number of nitrogens with one attached hydrogen (secondary N) is 1. The number of ketones is 1. The highest BCUT2D eigenvalue weighted by Gasteiger charge is 2.16. The molecule has 0 atom stereocenters. The lowest BCUT2D eigenvalue weighted by Gasteiger charge is -2.14. The van der Waals surface area contributed by atoms with Crippen molar-refractivity contribution in [1.82, 2.24) is 4.72 Å². The molecule has 1 heterocycles. The molecule has 0 unspecified atom stereocenters. The molecule has 0 aliphatic carbocycles. The summed E-state index contributed by atoms with van der Waals surface area (Å²) in [6, 6.07) is 5.31. The molecule has 0 radical (unpaired) electrons.